The van der Waals surface area contributed by atoms with Crippen molar-refractivity contribution in [2.75, 3.05) is 0 Å². The molecule has 1 nitrogen and oxygen atoms in total. The van der Waals surface area contributed by atoms with Gasteiger partial charge in [0.25, 0.3) is 6.43 Å². The van der Waals surface area contributed by atoms with E-state index in [1.54, 1.807) is 12.1 Å². The predicted octanol–water partition coefficient (Wildman–Crippen LogP) is 3.51. The molecule has 3 heteroatoms. The molecule has 15 heavy (non-hydrogen) atoms. The Morgan fingerprint density at radius 3 is 2.27 bits per heavy atom. The van der Waals surface area contributed by atoms with Crippen molar-refractivity contribution in [3.63, 3.8) is 0 Å². The van der Waals surface area contributed by atoms with Gasteiger partial charge in [0.2, 0.25) is 0 Å². The van der Waals surface area contributed by atoms with Crippen LogP contribution in [0.25, 0.3) is 0 Å². The van der Waals surface area contributed by atoms with E-state index in [-0.39, 0.29) is 5.56 Å². The highest BCUT2D eigenvalue weighted by molar-refractivity contribution is 5.23. The maximum absolute atomic E-state index is 12.3. The molecule has 1 aromatic rings. The van der Waals surface area contributed by atoms with Crippen molar-refractivity contribution in [2.24, 2.45) is 0 Å². The van der Waals surface area contributed by atoms with E-state index in [1.807, 2.05) is 0 Å². The van der Waals surface area contributed by atoms with Crippen LogP contribution >= 0.6 is 0 Å². The number of alkyl halides is 2. The van der Waals surface area contributed by atoms with Crippen molar-refractivity contribution < 1.29 is 8.78 Å². The van der Waals surface area contributed by atoms with Gasteiger partial charge in [-0.1, -0.05) is 31.2 Å². The number of halogens is 2. The minimum absolute atomic E-state index is 0.0855. The maximum Gasteiger partial charge on any atom is 0.263 e. The summed E-state index contributed by atoms with van der Waals surface area (Å²) in [5.41, 5.74) is 1.13. The first-order valence-corrected chi connectivity index (χ1v) is 5.23. The molecule has 0 saturated carbocycles. The van der Waals surface area contributed by atoms with E-state index in [1.165, 1.54) is 12.1 Å². The van der Waals surface area contributed by atoms with Crippen molar-refractivity contribution in [2.45, 2.75) is 39.3 Å². The summed E-state index contributed by atoms with van der Waals surface area (Å²) in [5.74, 6) is 0. The first kappa shape index (κ1) is 12.1. The van der Waals surface area contributed by atoms with Gasteiger partial charge in [0.05, 0.1) is 0 Å². The Hall–Kier alpha value is -0.960. The van der Waals surface area contributed by atoms with Crippen LogP contribution in [0.3, 0.4) is 0 Å². The van der Waals surface area contributed by atoms with Crippen LogP contribution in [0.15, 0.2) is 24.3 Å². The third-order valence-corrected chi connectivity index (χ3v) is 2.50. The fourth-order valence-electron chi connectivity index (χ4n) is 1.22. The lowest BCUT2D eigenvalue weighted by molar-refractivity contribution is 0.151. The van der Waals surface area contributed by atoms with Crippen LogP contribution in [0, 0.1) is 0 Å². The zero-order chi connectivity index (χ0) is 11.3. The van der Waals surface area contributed by atoms with E-state index >= 15 is 0 Å². The molecule has 1 atom stereocenters. The molecular formula is C12H17F2N. The van der Waals surface area contributed by atoms with Crippen LogP contribution in [-0.4, -0.2) is 6.04 Å². The van der Waals surface area contributed by atoms with Crippen LogP contribution in [-0.2, 0) is 6.54 Å². The van der Waals surface area contributed by atoms with Crippen molar-refractivity contribution in [3.8, 4) is 0 Å². The molecule has 0 radical (unpaired) electrons. The third kappa shape index (κ3) is 3.96. The highest BCUT2D eigenvalue weighted by Crippen LogP contribution is 2.18. The number of benzene rings is 1. The van der Waals surface area contributed by atoms with Gasteiger partial charge < -0.3 is 5.32 Å². The Balaban J connectivity index is 2.50. The molecule has 0 aliphatic heterocycles. The summed E-state index contributed by atoms with van der Waals surface area (Å²) in [7, 11) is 0. The number of hydrogen-bond donors (Lipinski definition) is 1. The van der Waals surface area contributed by atoms with Crippen LogP contribution < -0.4 is 5.32 Å². The van der Waals surface area contributed by atoms with Gasteiger partial charge in [0, 0.05) is 18.2 Å². The van der Waals surface area contributed by atoms with Gasteiger partial charge in [-0.2, -0.15) is 0 Å². The minimum Gasteiger partial charge on any atom is -0.310 e. The summed E-state index contributed by atoms with van der Waals surface area (Å²) in [6.07, 6.45) is -1.31. The van der Waals surface area contributed by atoms with Gasteiger partial charge in [0.15, 0.2) is 0 Å². The molecular weight excluding hydrogens is 196 g/mol. The van der Waals surface area contributed by atoms with Crippen LogP contribution in [0.4, 0.5) is 8.78 Å². The summed E-state index contributed by atoms with van der Waals surface area (Å²) in [6, 6.07) is 6.92. The van der Waals surface area contributed by atoms with Crippen molar-refractivity contribution in [1.82, 2.24) is 5.32 Å². The number of hydrogen-bond acceptors (Lipinski definition) is 1. The average molecular weight is 213 g/mol. The first-order chi connectivity index (χ1) is 7.13. The molecule has 0 aliphatic carbocycles. The molecule has 0 heterocycles. The molecule has 1 aromatic carbocycles. The summed E-state index contributed by atoms with van der Waals surface area (Å²) >= 11 is 0. The van der Waals surface area contributed by atoms with E-state index in [2.05, 4.69) is 19.2 Å². The lowest BCUT2D eigenvalue weighted by atomic mass is 10.1. The summed E-state index contributed by atoms with van der Waals surface area (Å²) < 4.78 is 24.5. The second-order valence-corrected chi connectivity index (χ2v) is 3.73. The second-order valence-electron chi connectivity index (χ2n) is 3.73. The van der Waals surface area contributed by atoms with Gasteiger partial charge in [0.1, 0.15) is 0 Å². The SMILES string of the molecule is CCC(C)NCc1ccc(C(F)F)cc1. The fraction of sp³-hybridized carbons (Fsp3) is 0.500. The van der Waals surface area contributed by atoms with Gasteiger partial charge in [-0.25, -0.2) is 8.78 Å². The van der Waals surface area contributed by atoms with Crippen molar-refractivity contribution in [3.05, 3.63) is 35.4 Å². The van der Waals surface area contributed by atoms with Crippen molar-refractivity contribution >= 4 is 0 Å². The van der Waals surface area contributed by atoms with Gasteiger partial charge >= 0.3 is 0 Å². The second kappa shape index (κ2) is 5.81. The molecule has 0 fully saturated rings. The summed E-state index contributed by atoms with van der Waals surface area (Å²) in [4.78, 5) is 0. The molecule has 1 unspecified atom stereocenters. The highest BCUT2D eigenvalue weighted by Gasteiger charge is 2.05. The molecule has 84 valence electrons. The fourth-order valence-corrected chi connectivity index (χ4v) is 1.22. The summed E-state index contributed by atoms with van der Waals surface area (Å²) in [5, 5.41) is 3.31. The Morgan fingerprint density at radius 2 is 1.80 bits per heavy atom. The van der Waals surface area contributed by atoms with Gasteiger partial charge in [-0.15, -0.1) is 0 Å². The summed E-state index contributed by atoms with van der Waals surface area (Å²) in [6.45, 7) is 4.95. The van der Waals surface area contributed by atoms with E-state index in [0.29, 0.717) is 6.04 Å². The standard InChI is InChI=1S/C12H17F2N/c1-3-9(2)15-8-10-4-6-11(7-5-10)12(13)14/h4-7,9,12,15H,3,8H2,1-2H3. The molecule has 0 spiro atoms. The normalized spacial score (nSPS) is 13.1. The smallest absolute Gasteiger partial charge is 0.263 e. The molecule has 1 rings (SSSR count). The van der Waals surface area contributed by atoms with Gasteiger partial charge in [-0.3, -0.25) is 0 Å². The maximum atomic E-state index is 12.3. The quantitative estimate of drug-likeness (QED) is 0.789. The van der Waals surface area contributed by atoms with E-state index in [4.69, 9.17) is 0 Å². The zero-order valence-corrected chi connectivity index (χ0v) is 9.13. The number of nitrogens with one attached hydrogen (secondary N) is 1. The first-order valence-electron chi connectivity index (χ1n) is 5.23. The Bertz CT molecular complexity index is 282. The topological polar surface area (TPSA) is 12.0 Å². The monoisotopic (exact) mass is 213 g/mol. The van der Waals surface area contributed by atoms with Crippen LogP contribution in [0.2, 0.25) is 0 Å². The van der Waals surface area contributed by atoms with E-state index in [9.17, 15) is 8.78 Å². The average Bonchev–Trinajstić information content (AvgIpc) is 2.26. The molecule has 0 aliphatic rings. The lowest BCUT2D eigenvalue weighted by Crippen LogP contribution is -2.24. The minimum atomic E-state index is -2.37. The Morgan fingerprint density at radius 1 is 1.20 bits per heavy atom. The zero-order valence-electron chi connectivity index (χ0n) is 9.13. The van der Waals surface area contributed by atoms with E-state index < -0.39 is 6.43 Å². The molecule has 0 aromatic heterocycles. The third-order valence-electron chi connectivity index (χ3n) is 2.50. The largest absolute Gasteiger partial charge is 0.310 e. The molecule has 0 bridgehead atoms. The van der Waals surface area contributed by atoms with Crippen LogP contribution in [0.5, 0.6) is 0 Å². The highest BCUT2D eigenvalue weighted by atomic mass is 19.3. The van der Waals surface area contributed by atoms with Crippen molar-refractivity contribution in [1.29, 1.82) is 0 Å². The lowest BCUT2D eigenvalue weighted by Gasteiger charge is -2.11. The Labute approximate surface area is 89.5 Å². The van der Waals surface area contributed by atoms with E-state index in [0.717, 1.165) is 18.5 Å². The molecule has 0 amide bonds. The predicted molar refractivity (Wildman–Crippen MR) is 58.0 cm³/mol. The van der Waals surface area contributed by atoms with Crippen LogP contribution in [0.1, 0.15) is 37.8 Å². The van der Waals surface area contributed by atoms with Gasteiger partial charge in [-0.05, 0) is 18.9 Å². The molecule has 1 N–H and O–H groups in total. The number of rotatable bonds is 5. The Kier molecular flexibility index (Phi) is 4.69. The molecule has 0 saturated heterocycles.